The highest BCUT2D eigenvalue weighted by molar-refractivity contribution is 5.99. The average Bonchev–Trinajstić information content (AvgIpc) is 2.38. The molecule has 0 unspecified atom stereocenters. The highest BCUT2D eigenvalue weighted by Gasteiger charge is 2.16. The highest BCUT2D eigenvalue weighted by Crippen LogP contribution is 2.24. The molecule has 0 heterocycles. The molecule has 0 fully saturated rings. The Morgan fingerprint density at radius 3 is 2.05 bits per heavy atom. The van der Waals surface area contributed by atoms with Gasteiger partial charge in [-0.15, -0.1) is 0 Å². The van der Waals surface area contributed by atoms with Gasteiger partial charge in [0.05, 0.1) is 5.56 Å². The van der Waals surface area contributed by atoms with Crippen molar-refractivity contribution in [3.63, 3.8) is 0 Å². The van der Waals surface area contributed by atoms with Gasteiger partial charge >= 0.3 is 0 Å². The molecular weight excluding hydrogens is 262 g/mol. The molecule has 1 aromatic carbocycles. The van der Waals surface area contributed by atoms with Crippen LogP contribution in [0.2, 0.25) is 0 Å². The van der Waals surface area contributed by atoms with E-state index in [1.54, 1.807) is 6.07 Å². The molecule has 1 rings (SSSR count). The third-order valence-corrected chi connectivity index (χ3v) is 3.58. The smallest absolute Gasteiger partial charge is 0.250 e. The summed E-state index contributed by atoms with van der Waals surface area (Å²) in [6.45, 7) is 10.7. The van der Waals surface area contributed by atoms with Crippen molar-refractivity contribution < 1.29 is 4.79 Å². The zero-order valence-electron chi connectivity index (χ0n) is 13.7. The van der Waals surface area contributed by atoms with Crippen LogP contribution in [0.25, 0.3) is 0 Å². The summed E-state index contributed by atoms with van der Waals surface area (Å²) >= 11 is 0. The minimum absolute atomic E-state index is 0.420. The van der Waals surface area contributed by atoms with Crippen LogP contribution < -0.4 is 16.4 Å². The van der Waals surface area contributed by atoms with Gasteiger partial charge in [0, 0.05) is 24.5 Å². The number of hydrogen-bond donors (Lipinski definition) is 2. The van der Waals surface area contributed by atoms with Crippen LogP contribution in [0.5, 0.6) is 0 Å². The Labute approximate surface area is 128 Å². The lowest BCUT2D eigenvalue weighted by molar-refractivity contribution is 0.100. The molecule has 4 heteroatoms. The monoisotopic (exact) mass is 291 g/mol. The summed E-state index contributed by atoms with van der Waals surface area (Å²) in [5, 5.41) is 0. The Morgan fingerprint density at radius 2 is 1.62 bits per heavy atom. The van der Waals surface area contributed by atoms with Crippen LogP contribution in [0.15, 0.2) is 18.2 Å². The van der Waals surface area contributed by atoms with Crippen LogP contribution in [0, 0.1) is 11.8 Å². The van der Waals surface area contributed by atoms with Crippen LogP contribution in [0.1, 0.15) is 50.9 Å². The maximum absolute atomic E-state index is 11.7. The maximum atomic E-state index is 11.7. The molecule has 0 atom stereocenters. The van der Waals surface area contributed by atoms with E-state index in [0.29, 0.717) is 23.1 Å². The Balaban J connectivity index is 3.02. The van der Waals surface area contributed by atoms with Gasteiger partial charge in [0.25, 0.3) is 5.91 Å². The molecule has 4 N–H and O–H groups in total. The second-order valence-corrected chi connectivity index (χ2v) is 6.49. The summed E-state index contributed by atoms with van der Waals surface area (Å²) in [6.07, 6.45) is 2.17. The molecule has 0 aliphatic carbocycles. The van der Waals surface area contributed by atoms with Crippen molar-refractivity contribution in [3.05, 3.63) is 23.8 Å². The Bertz CT molecular complexity index is 457. The van der Waals surface area contributed by atoms with E-state index in [2.05, 4.69) is 32.6 Å². The quantitative estimate of drug-likeness (QED) is 0.722. The number of anilines is 2. The summed E-state index contributed by atoms with van der Waals surface area (Å²) in [7, 11) is 0. The molecule has 1 amide bonds. The number of nitrogens with two attached hydrogens (primary N) is 2. The molecule has 0 aliphatic heterocycles. The standard InChI is InChI=1S/C17H29N3O/c1-12(2)7-9-20(10-8-13(3)4)16-6-5-14(18)11-15(16)17(19)21/h5-6,11-13H,7-10,18H2,1-4H3,(H2,19,21). The Hall–Kier alpha value is -1.71. The van der Waals surface area contributed by atoms with Crippen molar-refractivity contribution in [2.24, 2.45) is 17.6 Å². The lowest BCUT2D eigenvalue weighted by Crippen LogP contribution is -2.30. The first-order valence-corrected chi connectivity index (χ1v) is 7.75. The first-order chi connectivity index (χ1) is 9.81. The van der Waals surface area contributed by atoms with Crippen molar-refractivity contribution in [1.82, 2.24) is 0 Å². The normalized spacial score (nSPS) is 11.1. The molecule has 0 aromatic heterocycles. The third-order valence-electron chi connectivity index (χ3n) is 3.58. The average molecular weight is 291 g/mol. The molecule has 0 saturated carbocycles. The van der Waals surface area contributed by atoms with Gasteiger partial charge in [-0.2, -0.15) is 0 Å². The van der Waals surface area contributed by atoms with E-state index in [1.165, 1.54) is 0 Å². The number of nitrogen functional groups attached to an aromatic ring is 1. The molecule has 21 heavy (non-hydrogen) atoms. The molecule has 118 valence electrons. The predicted molar refractivity (Wildman–Crippen MR) is 90.5 cm³/mol. The van der Waals surface area contributed by atoms with E-state index in [-0.39, 0.29) is 0 Å². The summed E-state index contributed by atoms with van der Waals surface area (Å²) in [5.41, 5.74) is 13.3. The van der Waals surface area contributed by atoms with E-state index in [1.807, 2.05) is 12.1 Å². The molecule has 4 nitrogen and oxygen atoms in total. The zero-order chi connectivity index (χ0) is 16.0. The zero-order valence-corrected chi connectivity index (χ0v) is 13.7. The molecule has 0 radical (unpaired) electrons. The van der Waals surface area contributed by atoms with Gasteiger partial charge in [0.15, 0.2) is 0 Å². The van der Waals surface area contributed by atoms with Crippen LogP contribution in [-0.2, 0) is 0 Å². The predicted octanol–water partition coefficient (Wildman–Crippen LogP) is 3.27. The summed E-state index contributed by atoms with van der Waals surface area (Å²) in [6, 6.07) is 5.42. The third kappa shape index (κ3) is 5.66. The summed E-state index contributed by atoms with van der Waals surface area (Å²) in [4.78, 5) is 14.0. The molecule has 1 aromatic rings. The van der Waals surface area contributed by atoms with E-state index in [9.17, 15) is 4.79 Å². The number of carbonyl (C=O) groups is 1. The Morgan fingerprint density at radius 1 is 1.10 bits per heavy atom. The largest absolute Gasteiger partial charge is 0.399 e. The second-order valence-electron chi connectivity index (χ2n) is 6.49. The fourth-order valence-electron chi connectivity index (χ4n) is 2.21. The van der Waals surface area contributed by atoms with Crippen LogP contribution in [-0.4, -0.2) is 19.0 Å². The van der Waals surface area contributed by atoms with Crippen LogP contribution in [0.3, 0.4) is 0 Å². The van der Waals surface area contributed by atoms with Gasteiger partial charge in [0.2, 0.25) is 0 Å². The second kappa shape index (κ2) is 7.91. The van der Waals surface area contributed by atoms with Crippen molar-refractivity contribution in [3.8, 4) is 0 Å². The van der Waals surface area contributed by atoms with Crippen LogP contribution in [0.4, 0.5) is 11.4 Å². The number of primary amides is 1. The van der Waals surface area contributed by atoms with Crippen LogP contribution >= 0.6 is 0 Å². The minimum atomic E-state index is -0.420. The van der Waals surface area contributed by atoms with E-state index < -0.39 is 5.91 Å². The van der Waals surface area contributed by atoms with E-state index >= 15 is 0 Å². The fourth-order valence-corrected chi connectivity index (χ4v) is 2.21. The SMILES string of the molecule is CC(C)CCN(CCC(C)C)c1ccc(N)cc1C(N)=O. The summed E-state index contributed by atoms with van der Waals surface area (Å²) in [5.74, 6) is 0.825. The van der Waals surface area contributed by atoms with Gasteiger partial charge in [-0.05, 0) is 42.9 Å². The first-order valence-electron chi connectivity index (χ1n) is 7.75. The number of hydrogen-bond acceptors (Lipinski definition) is 3. The van der Waals surface area contributed by atoms with Gasteiger partial charge in [-0.25, -0.2) is 0 Å². The van der Waals surface area contributed by atoms with Gasteiger partial charge in [-0.3, -0.25) is 4.79 Å². The van der Waals surface area contributed by atoms with Gasteiger partial charge in [-0.1, -0.05) is 27.7 Å². The molecular formula is C17H29N3O. The minimum Gasteiger partial charge on any atom is -0.399 e. The number of nitrogens with zero attached hydrogens (tertiary/aromatic N) is 1. The topological polar surface area (TPSA) is 72.3 Å². The lowest BCUT2D eigenvalue weighted by atomic mass is 10.1. The number of amides is 1. The lowest BCUT2D eigenvalue weighted by Gasteiger charge is -2.28. The first kappa shape index (κ1) is 17.3. The van der Waals surface area contributed by atoms with Crippen molar-refractivity contribution in [2.45, 2.75) is 40.5 Å². The molecule has 0 spiro atoms. The Kier molecular flexibility index (Phi) is 6.53. The fraction of sp³-hybridized carbons (Fsp3) is 0.588. The number of carbonyl (C=O) groups excluding carboxylic acids is 1. The van der Waals surface area contributed by atoms with E-state index in [4.69, 9.17) is 11.5 Å². The van der Waals surface area contributed by atoms with Gasteiger partial charge in [0.1, 0.15) is 0 Å². The van der Waals surface area contributed by atoms with E-state index in [0.717, 1.165) is 31.6 Å². The maximum Gasteiger partial charge on any atom is 0.250 e. The molecule has 0 saturated heterocycles. The number of benzene rings is 1. The number of rotatable bonds is 8. The molecule has 0 bridgehead atoms. The van der Waals surface area contributed by atoms with Crippen molar-refractivity contribution in [2.75, 3.05) is 23.7 Å². The van der Waals surface area contributed by atoms with Crippen molar-refractivity contribution in [1.29, 1.82) is 0 Å². The summed E-state index contributed by atoms with van der Waals surface area (Å²) < 4.78 is 0. The molecule has 0 aliphatic rings. The van der Waals surface area contributed by atoms with Gasteiger partial charge < -0.3 is 16.4 Å². The highest BCUT2D eigenvalue weighted by atomic mass is 16.1. The van der Waals surface area contributed by atoms with Crippen molar-refractivity contribution >= 4 is 17.3 Å².